The lowest BCUT2D eigenvalue weighted by Crippen LogP contribution is -2.35. The Morgan fingerprint density at radius 2 is 2.07 bits per heavy atom. The van der Waals surface area contributed by atoms with Crippen LogP contribution in [0.15, 0.2) is 48.8 Å². The summed E-state index contributed by atoms with van der Waals surface area (Å²) >= 11 is 6.05. The molecule has 1 saturated heterocycles. The first-order valence-electron chi connectivity index (χ1n) is 9.05. The van der Waals surface area contributed by atoms with E-state index in [1.54, 1.807) is 18.3 Å². The monoisotopic (exact) mass is 397 g/mol. The molecule has 2 aromatic heterocycles. The molecule has 28 heavy (non-hydrogen) atoms. The third-order valence-corrected chi connectivity index (χ3v) is 4.81. The van der Waals surface area contributed by atoms with Gasteiger partial charge in [0.15, 0.2) is 0 Å². The third-order valence-electron chi connectivity index (χ3n) is 4.57. The van der Waals surface area contributed by atoms with Gasteiger partial charge in [-0.15, -0.1) is 0 Å². The average Bonchev–Trinajstić information content (AvgIpc) is 3.20. The number of halogens is 1. The minimum absolute atomic E-state index is 0.280. The van der Waals surface area contributed by atoms with Crippen LogP contribution in [0, 0.1) is 0 Å². The second-order valence-electron chi connectivity index (χ2n) is 6.56. The molecule has 7 nitrogen and oxygen atoms in total. The van der Waals surface area contributed by atoms with Crippen LogP contribution in [0.3, 0.4) is 0 Å². The lowest BCUT2D eigenvalue weighted by Gasteiger charge is -2.26. The van der Waals surface area contributed by atoms with E-state index in [4.69, 9.17) is 16.3 Å². The molecule has 0 radical (unpaired) electrons. The minimum Gasteiger partial charge on any atom is -0.379 e. The molecule has 0 bridgehead atoms. The van der Waals surface area contributed by atoms with Gasteiger partial charge in [-0.05, 0) is 23.8 Å². The van der Waals surface area contributed by atoms with Crippen LogP contribution in [-0.4, -0.2) is 52.3 Å². The summed E-state index contributed by atoms with van der Waals surface area (Å²) in [6.45, 7) is 4.20. The number of hydrogen-bond acceptors (Lipinski definition) is 5. The Balaban J connectivity index is 1.43. The summed E-state index contributed by atoms with van der Waals surface area (Å²) < 4.78 is 5.36. The highest BCUT2D eigenvalue weighted by molar-refractivity contribution is 6.30. The molecular formula is C20H20ClN5O2. The highest BCUT2D eigenvalue weighted by Gasteiger charge is 2.16. The maximum absolute atomic E-state index is 12.7. The number of anilines is 1. The number of benzene rings is 1. The number of nitrogens with one attached hydrogen (secondary N) is 2. The van der Waals surface area contributed by atoms with Gasteiger partial charge >= 0.3 is 0 Å². The lowest BCUT2D eigenvalue weighted by atomic mass is 10.1. The van der Waals surface area contributed by atoms with Crippen LogP contribution in [0.4, 0.5) is 5.82 Å². The second kappa shape index (κ2) is 8.52. The van der Waals surface area contributed by atoms with Crippen molar-refractivity contribution in [3.63, 3.8) is 0 Å². The molecule has 1 aliphatic rings. The number of rotatable bonds is 5. The predicted molar refractivity (Wildman–Crippen MR) is 107 cm³/mol. The Morgan fingerprint density at radius 3 is 2.82 bits per heavy atom. The molecule has 144 valence electrons. The average molecular weight is 398 g/mol. The number of H-pyrrole nitrogens is 1. The van der Waals surface area contributed by atoms with E-state index in [-0.39, 0.29) is 5.91 Å². The van der Waals surface area contributed by atoms with Crippen LogP contribution >= 0.6 is 11.6 Å². The number of carbonyl (C=O) groups excluding carboxylic acids is 1. The number of aromatic amines is 1. The first-order chi connectivity index (χ1) is 13.7. The van der Waals surface area contributed by atoms with Gasteiger partial charge < -0.3 is 10.1 Å². The zero-order valence-corrected chi connectivity index (χ0v) is 15.9. The van der Waals surface area contributed by atoms with E-state index in [9.17, 15) is 4.79 Å². The van der Waals surface area contributed by atoms with Crippen LogP contribution in [0.2, 0.25) is 5.02 Å². The van der Waals surface area contributed by atoms with Crippen molar-refractivity contribution in [2.24, 2.45) is 0 Å². The van der Waals surface area contributed by atoms with Gasteiger partial charge in [0.2, 0.25) is 0 Å². The molecule has 4 rings (SSSR count). The molecule has 0 atom stereocenters. The van der Waals surface area contributed by atoms with Gasteiger partial charge in [0.1, 0.15) is 5.82 Å². The van der Waals surface area contributed by atoms with Crippen molar-refractivity contribution < 1.29 is 9.53 Å². The highest BCUT2D eigenvalue weighted by atomic mass is 35.5. The molecule has 0 unspecified atom stereocenters. The molecule has 0 spiro atoms. The predicted octanol–water partition coefficient (Wildman–Crippen LogP) is 3.21. The van der Waals surface area contributed by atoms with Gasteiger partial charge in [0.05, 0.1) is 30.7 Å². The quantitative estimate of drug-likeness (QED) is 0.690. The normalized spacial score (nSPS) is 14.8. The van der Waals surface area contributed by atoms with Gasteiger partial charge in [-0.2, -0.15) is 5.10 Å². The van der Waals surface area contributed by atoms with E-state index in [1.807, 2.05) is 24.3 Å². The summed E-state index contributed by atoms with van der Waals surface area (Å²) in [7, 11) is 0. The molecular weight excluding hydrogens is 378 g/mol. The van der Waals surface area contributed by atoms with Crippen LogP contribution in [0.1, 0.15) is 15.9 Å². The number of hydrogen-bond donors (Lipinski definition) is 2. The zero-order chi connectivity index (χ0) is 19.3. The molecule has 8 heteroatoms. The Hall–Kier alpha value is -2.74. The van der Waals surface area contributed by atoms with Crippen molar-refractivity contribution in [2.45, 2.75) is 6.54 Å². The van der Waals surface area contributed by atoms with Crippen molar-refractivity contribution in [1.29, 1.82) is 0 Å². The molecule has 1 fully saturated rings. The maximum Gasteiger partial charge on any atom is 0.260 e. The Labute approximate surface area is 167 Å². The van der Waals surface area contributed by atoms with Crippen molar-refractivity contribution in [3.8, 4) is 11.3 Å². The Morgan fingerprint density at radius 1 is 1.21 bits per heavy atom. The molecule has 1 amide bonds. The van der Waals surface area contributed by atoms with E-state index in [1.165, 1.54) is 6.20 Å². The molecule has 0 aliphatic carbocycles. The van der Waals surface area contributed by atoms with Gasteiger partial charge in [0.25, 0.3) is 5.91 Å². The number of amides is 1. The molecule has 0 saturated carbocycles. The van der Waals surface area contributed by atoms with Crippen LogP contribution < -0.4 is 5.32 Å². The van der Waals surface area contributed by atoms with Crippen molar-refractivity contribution >= 4 is 23.3 Å². The van der Waals surface area contributed by atoms with Gasteiger partial charge in [-0.3, -0.25) is 14.8 Å². The summed E-state index contributed by atoms with van der Waals surface area (Å²) in [6.07, 6.45) is 3.29. The number of aromatic nitrogens is 3. The minimum atomic E-state index is -0.280. The summed E-state index contributed by atoms with van der Waals surface area (Å²) in [5, 5.41) is 10.3. The maximum atomic E-state index is 12.7. The molecule has 2 N–H and O–H groups in total. The van der Waals surface area contributed by atoms with Crippen molar-refractivity contribution in [1.82, 2.24) is 20.1 Å². The van der Waals surface area contributed by atoms with Crippen molar-refractivity contribution in [2.75, 3.05) is 31.6 Å². The molecule has 1 aromatic carbocycles. The third kappa shape index (κ3) is 4.39. The second-order valence-corrected chi connectivity index (χ2v) is 7.00. The molecule has 3 aromatic rings. The lowest BCUT2D eigenvalue weighted by molar-refractivity contribution is 0.0341. The SMILES string of the molecule is O=C(Nc1ccc(CN2CCOCC2)cn1)c1cn[nH]c1-c1cccc(Cl)c1. The van der Waals surface area contributed by atoms with Gasteiger partial charge in [-0.25, -0.2) is 4.98 Å². The van der Waals surface area contributed by atoms with Crippen LogP contribution in [0.5, 0.6) is 0 Å². The fourth-order valence-corrected chi connectivity index (χ4v) is 3.31. The first kappa shape index (κ1) is 18.6. The summed E-state index contributed by atoms with van der Waals surface area (Å²) in [5.41, 5.74) is 2.94. The molecule has 1 aliphatic heterocycles. The van der Waals surface area contributed by atoms with E-state index >= 15 is 0 Å². The number of ether oxygens (including phenoxy) is 1. The van der Waals surface area contributed by atoms with Crippen LogP contribution in [-0.2, 0) is 11.3 Å². The zero-order valence-electron chi connectivity index (χ0n) is 15.2. The highest BCUT2D eigenvalue weighted by Crippen LogP contribution is 2.24. The number of carbonyl (C=O) groups is 1. The standard InChI is InChI=1S/C20H20ClN5O2/c21-16-3-1-2-15(10-16)19-17(12-23-25-19)20(27)24-18-5-4-14(11-22-18)13-26-6-8-28-9-7-26/h1-5,10-12H,6-9,13H2,(H,23,25)(H,22,24,27). The van der Waals surface area contributed by atoms with E-state index in [0.717, 1.165) is 44.0 Å². The van der Waals surface area contributed by atoms with Crippen molar-refractivity contribution in [3.05, 3.63) is 64.9 Å². The topological polar surface area (TPSA) is 83.1 Å². The Bertz CT molecular complexity index is 951. The van der Waals surface area contributed by atoms with E-state index < -0.39 is 0 Å². The van der Waals surface area contributed by atoms with E-state index in [0.29, 0.717) is 22.1 Å². The van der Waals surface area contributed by atoms with Gasteiger partial charge in [-0.1, -0.05) is 29.8 Å². The largest absolute Gasteiger partial charge is 0.379 e. The number of pyridine rings is 1. The number of nitrogens with zero attached hydrogens (tertiary/aromatic N) is 3. The van der Waals surface area contributed by atoms with Gasteiger partial charge in [0, 0.05) is 36.4 Å². The fourth-order valence-electron chi connectivity index (χ4n) is 3.12. The summed E-state index contributed by atoms with van der Waals surface area (Å²) in [5.74, 6) is 0.214. The summed E-state index contributed by atoms with van der Waals surface area (Å²) in [6, 6.07) is 11.1. The fraction of sp³-hybridized carbons (Fsp3) is 0.250. The molecule has 3 heterocycles. The van der Waals surface area contributed by atoms with E-state index in [2.05, 4.69) is 25.4 Å². The summed E-state index contributed by atoms with van der Waals surface area (Å²) in [4.78, 5) is 19.4. The first-order valence-corrected chi connectivity index (χ1v) is 9.42. The Kier molecular flexibility index (Phi) is 5.66. The smallest absolute Gasteiger partial charge is 0.260 e. The number of morpholine rings is 1. The van der Waals surface area contributed by atoms with Crippen LogP contribution in [0.25, 0.3) is 11.3 Å².